The molecule has 1 aliphatic heterocycles. The van der Waals surface area contributed by atoms with E-state index in [0.717, 1.165) is 17.1 Å². The van der Waals surface area contributed by atoms with Gasteiger partial charge in [0.2, 0.25) is 5.78 Å². The summed E-state index contributed by atoms with van der Waals surface area (Å²) in [6.45, 7) is 7.26. The van der Waals surface area contributed by atoms with Crippen molar-refractivity contribution in [2.45, 2.75) is 51.9 Å². The van der Waals surface area contributed by atoms with Crippen LogP contribution in [0, 0.1) is 5.41 Å². The summed E-state index contributed by atoms with van der Waals surface area (Å²) in [5.41, 5.74) is -0.423. The predicted octanol–water partition coefficient (Wildman–Crippen LogP) is 5.02. The Balaban J connectivity index is 2.29. The van der Waals surface area contributed by atoms with Crippen molar-refractivity contribution in [1.82, 2.24) is 4.31 Å². The molecule has 7 heteroatoms. The molecule has 0 atom stereocenters. The monoisotopic (exact) mass is 455 g/mol. The van der Waals surface area contributed by atoms with Gasteiger partial charge in [0.05, 0.1) is 10.3 Å². The number of unbranched alkanes of at least 4 members (excludes halogenated alkanes) is 2. The van der Waals surface area contributed by atoms with Crippen LogP contribution in [0.5, 0.6) is 0 Å². The Labute approximate surface area is 189 Å². The van der Waals surface area contributed by atoms with E-state index < -0.39 is 27.2 Å². The molecule has 3 rings (SSSR count). The predicted molar refractivity (Wildman–Crippen MR) is 123 cm³/mol. The van der Waals surface area contributed by atoms with Crippen LogP contribution in [0.4, 0.5) is 0 Å². The van der Waals surface area contributed by atoms with Crippen LogP contribution in [-0.4, -0.2) is 31.0 Å². The summed E-state index contributed by atoms with van der Waals surface area (Å²) in [4.78, 5) is 26.5. The molecule has 170 valence electrons. The van der Waals surface area contributed by atoms with Gasteiger partial charge >= 0.3 is 5.97 Å². The lowest BCUT2D eigenvalue weighted by Gasteiger charge is -2.33. The maximum Gasteiger partial charge on any atom is 0.316 e. The summed E-state index contributed by atoms with van der Waals surface area (Å²) < 4.78 is 34.0. The van der Waals surface area contributed by atoms with Crippen molar-refractivity contribution in [2.24, 2.45) is 5.41 Å². The minimum absolute atomic E-state index is 0.0132. The third-order valence-electron chi connectivity index (χ3n) is 5.19. The number of allylic oxidation sites excluding steroid dienone is 1. The Bertz CT molecular complexity index is 1140. The molecule has 2 aromatic rings. The zero-order chi connectivity index (χ0) is 23.5. The lowest BCUT2D eigenvalue weighted by atomic mass is 9.97. The van der Waals surface area contributed by atoms with E-state index in [1.807, 2.05) is 6.92 Å². The molecule has 0 saturated carbocycles. The molecule has 6 nitrogen and oxygen atoms in total. The summed E-state index contributed by atoms with van der Waals surface area (Å²) in [6.07, 6.45) is 2.27. The molecule has 2 aromatic carbocycles. The average molecular weight is 456 g/mol. The van der Waals surface area contributed by atoms with E-state index in [1.54, 1.807) is 69.3 Å². The van der Waals surface area contributed by atoms with Crippen LogP contribution < -0.4 is 0 Å². The van der Waals surface area contributed by atoms with Gasteiger partial charge in [-0.3, -0.25) is 13.9 Å². The highest BCUT2D eigenvalue weighted by molar-refractivity contribution is 7.89. The molecule has 0 fully saturated rings. The lowest BCUT2D eigenvalue weighted by molar-refractivity contribution is -0.145. The summed E-state index contributed by atoms with van der Waals surface area (Å²) in [6, 6.07) is 14.8. The van der Waals surface area contributed by atoms with Crippen molar-refractivity contribution in [1.29, 1.82) is 0 Å². The molecule has 0 bridgehead atoms. The molecule has 32 heavy (non-hydrogen) atoms. The molecule has 0 unspecified atom stereocenters. The van der Waals surface area contributed by atoms with Gasteiger partial charge in [0.15, 0.2) is 5.76 Å². The van der Waals surface area contributed by atoms with E-state index in [4.69, 9.17) is 4.74 Å². The number of fused-ring (bicyclic) bond motifs is 1. The number of sulfonamides is 1. The van der Waals surface area contributed by atoms with E-state index in [9.17, 15) is 18.0 Å². The molecule has 0 amide bonds. The van der Waals surface area contributed by atoms with Crippen molar-refractivity contribution < 1.29 is 22.7 Å². The maximum atomic E-state index is 13.6. The minimum Gasteiger partial charge on any atom is -0.423 e. The van der Waals surface area contributed by atoms with E-state index >= 15 is 0 Å². The summed E-state index contributed by atoms with van der Waals surface area (Å²) in [7, 11) is -4.01. The third-order valence-corrected chi connectivity index (χ3v) is 7.04. The number of carbonyl (C=O) groups is 2. The van der Waals surface area contributed by atoms with Crippen LogP contribution in [0.2, 0.25) is 0 Å². The molecular formula is C25H29NO5S. The highest BCUT2D eigenvalue weighted by Crippen LogP contribution is 2.40. The van der Waals surface area contributed by atoms with Gasteiger partial charge in [0.25, 0.3) is 10.0 Å². The van der Waals surface area contributed by atoms with Crippen LogP contribution in [0.3, 0.4) is 0 Å². The van der Waals surface area contributed by atoms with Crippen molar-refractivity contribution >= 4 is 27.5 Å². The number of hydrogen-bond donors (Lipinski definition) is 0. The first-order chi connectivity index (χ1) is 15.1. The second-order valence-electron chi connectivity index (χ2n) is 8.79. The highest BCUT2D eigenvalue weighted by Gasteiger charge is 2.42. The number of carbonyl (C=O) groups excluding carboxylic acids is 2. The van der Waals surface area contributed by atoms with E-state index in [1.165, 1.54) is 6.07 Å². The topological polar surface area (TPSA) is 80.8 Å². The third kappa shape index (κ3) is 4.63. The molecule has 1 aliphatic rings. The van der Waals surface area contributed by atoms with Gasteiger partial charge in [0.1, 0.15) is 5.70 Å². The summed E-state index contributed by atoms with van der Waals surface area (Å²) in [5, 5.41) is 0. The fourth-order valence-corrected chi connectivity index (χ4v) is 5.09. The Hall–Kier alpha value is -2.93. The quantitative estimate of drug-likeness (QED) is 0.333. The van der Waals surface area contributed by atoms with Gasteiger partial charge in [0, 0.05) is 17.7 Å². The normalized spacial score (nSPS) is 15.3. The number of Topliss-reactive ketones (excluding diaryl/α,β-unsaturated/α-hetero) is 1. The van der Waals surface area contributed by atoms with Crippen LogP contribution in [0.25, 0.3) is 5.76 Å². The smallest absolute Gasteiger partial charge is 0.316 e. The number of nitrogens with zero attached hydrogens (tertiary/aromatic N) is 1. The van der Waals surface area contributed by atoms with E-state index in [2.05, 4.69) is 0 Å². The molecule has 0 aromatic heterocycles. The first-order valence-corrected chi connectivity index (χ1v) is 12.2. The molecule has 0 aliphatic carbocycles. The van der Waals surface area contributed by atoms with Crippen molar-refractivity contribution in [2.75, 3.05) is 6.54 Å². The number of ketones is 1. The Morgan fingerprint density at radius 1 is 0.938 bits per heavy atom. The molecule has 0 saturated heterocycles. The zero-order valence-electron chi connectivity index (χ0n) is 18.9. The van der Waals surface area contributed by atoms with Gasteiger partial charge in [-0.05, 0) is 39.3 Å². The van der Waals surface area contributed by atoms with Gasteiger partial charge in [-0.2, -0.15) is 0 Å². The molecular weight excluding hydrogens is 426 g/mol. The second kappa shape index (κ2) is 9.28. The largest absolute Gasteiger partial charge is 0.423 e. The Kier molecular flexibility index (Phi) is 6.88. The highest BCUT2D eigenvalue weighted by atomic mass is 32.2. The van der Waals surface area contributed by atoms with Crippen LogP contribution >= 0.6 is 0 Å². The zero-order valence-corrected chi connectivity index (χ0v) is 19.7. The molecule has 0 spiro atoms. The fraction of sp³-hybridized carbons (Fsp3) is 0.360. The van der Waals surface area contributed by atoms with E-state index in [-0.39, 0.29) is 28.5 Å². The van der Waals surface area contributed by atoms with Crippen LogP contribution in [0.15, 0.2) is 65.2 Å². The first kappa shape index (κ1) is 23.7. The number of benzene rings is 2. The SMILES string of the molecule is CCCCCN1C(C(=O)c2ccccc2)=C(OC(=O)C(C)(C)C)c2ccccc2S1(=O)=O. The van der Waals surface area contributed by atoms with Crippen molar-refractivity contribution in [3.63, 3.8) is 0 Å². The first-order valence-electron chi connectivity index (χ1n) is 10.8. The fourth-order valence-electron chi connectivity index (χ4n) is 3.39. The Morgan fingerprint density at radius 2 is 1.56 bits per heavy atom. The van der Waals surface area contributed by atoms with Crippen molar-refractivity contribution in [3.05, 3.63) is 71.4 Å². The lowest BCUT2D eigenvalue weighted by Crippen LogP contribution is -2.40. The van der Waals surface area contributed by atoms with Crippen LogP contribution in [-0.2, 0) is 19.6 Å². The number of rotatable bonds is 7. The van der Waals surface area contributed by atoms with Gasteiger partial charge in [-0.1, -0.05) is 62.2 Å². The van der Waals surface area contributed by atoms with Gasteiger partial charge in [-0.25, -0.2) is 8.42 Å². The molecule has 0 radical (unpaired) electrons. The number of hydrogen-bond acceptors (Lipinski definition) is 5. The van der Waals surface area contributed by atoms with E-state index in [0.29, 0.717) is 12.0 Å². The van der Waals surface area contributed by atoms with Gasteiger partial charge in [-0.15, -0.1) is 0 Å². The standard InChI is InChI=1S/C25H29NO5S/c1-5-6-12-17-26-21(22(27)18-13-8-7-9-14-18)23(31-24(28)25(2,3)4)19-15-10-11-16-20(19)32(26,29)30/h7-11,13-16H,5-6,12,17H2,1-4H3. The second-order valence-corrected chi connectivity index (χ2v) is 10.6. The van der Waals surface area contributed by atoms with Crippen molar-refractivity contribution in [3.8, 4) is 0 Å². The molecule has 0 N–H and O–H groups in total. The summed E-state index contributed by atoms with van der Waals surface area (Å²) in [5.74, 6) is -1.06. The Morgan fingerprint density at radius 3 is 2.19 bits per heavy atom. The molecule has 1 heterocycles. The average Bonchev–Trinajstić information content (AvgIpc) is 2.76. The van der Waals surface area contributed by atoms with Gasteiger partial charge < -0.3 is 4.74 Å². The maximum absolute atomic E-state index is 13.6. The van der Waals surface area contributed by atoms with Crippen LogP contribution in [0.1, 0.15) is 62.9 Å². The minimum atomic E-state index is -4.01. The number of esters is 1. The summed E-state index contributed by atoms with van der Waals surface area (Å²) >= 11 is 0. The number of ether oxygens (including phenoxy) is 1.